The Labute approximate surface area is 156 Å². The quantitative estimate of drug-likeness (QED) is 0.837. The number of fused-ring (bicyclic) bond motifs is 1. The maximum absolute atomic E-state index is 12.2. The van der Waals surface area contributed by atoms with Crippen molar-refractivity contribution in [1.82, 2.24) is 9.80 Å². The van der Waals surface area contributed by atoms with Crippen molar-refractivity contribution in [2.45, 2.75) is 38.1 Å². The molecule has 0 N–H and O–H groups in total. The van der Waals surface area contributed by atoms with Gasteiger partial charge in [0, 0.05) is 25.7 Å². The third-order valence-electron chi connectivity index (χ3n) is 5.91. The zero-order chi connectivity index (χ0) is 18.1. The normalized spacial score (nSPS) is 20.0. The Morgan fingerprint density at radius 2 is 1.77 bits per heavy atom. The van der Waals surface area contributed by atoms with Gasteiger partial charge in [-0.3, -0.25) is 4.79 Å². The molecule has 26 heavy (non-hydrogen) atoms. The van der Waals surface area contributed by atoms with Crippen LogP contribution in [0.2, 0.25) is 0 Å². The molecule has 3 heteroatoms. The minimum absolute atomic E-state index is 0.0539. The first-order valence-corrected chi connectivity index (χ1v) is 9.80. The highest BCUT2D eigenvalue weighted by atomic mass is 16.2. The Bertz CT molecular complexity index is 806. The van der Waals surface area contributed by atoms with E-state index < -0.39 is 0 Å². The number of benzene rings is 2. The van der Waals surface area contributed by atoms with Crippen LogP contribution in [0.1, 0.15) is 40.7 Å². The molecule has 1 saturated heterocycles. The Hall–Kier alpha value is -2.13. The summed E-state index contributed by atoms with van der Waals surface area (Å²) in [5.74, 6) is 0.0539. The van der Waals surface area contributed by atoms with Crippen LogP contribution in [-0.4, -0.2) is 48.9 Å². The van der Waals surface area contributed by atoms with Crippen LogP contribution < -0.4 is 0 Å². The average molecular weight is 348 g/mol. The molecule has 1 amide bonds. The first kappa shape index (κ1) is 17.3. The van der Waals surface area contributed by atoms with Gasteiger partial charge in [0.1, 0.15) is 0 Å². The number of rotatable bonds is 3. The van der Waals surface area contributed by atoms with Gasteiger partial charge in [0.25, 0.3) is 5.91 Å². The SMILES string of the molecule is CN(C)C(=O)c1cccc(-c2ccc3c(c2)CC[C@@H](N2CCCC2)C3)c1. The van der Waals surface area contributed by atoms with Gasteiger partial charge >= 0.3 is 0 Å². The molecule has 4 rings (SSSR count). The van der Waals surface area contributed by atoms with Crippen molar-refractivity contribution in [2.24, 2.45) is 0 Å². The summed E-state index contributed by atoms with van der Waals surface area (Å²) >= 11 is 0. The van der Waals surface area contributed by atoms with Gasteiger partial charge < -0.3 is 9.80 Å². The molecule has 2 aliphatic rings. The van der Waals surface area contributed by atoms with Gasteiger partial charge in [0.05, 0.1) is 0 Å². The zero-order valence-electron chi connectivity index (χ0n) is 15.9. The second kappa shape index (κ2) is 7.24. The van der Waals surface area contributed by atoms with Crippen LogP contribution in [-0.2, 0) is 12.8 Å². The van der Waals surface area contributed by atoms with E-state index in [2.05, 4.69) is 29.2 Å². The molecule has 2 aromatic carbocycles. The number of carbonyl (C=O) groups excluding carboxylic acids is 1. The number of carbonyl (C=O) groups is 1. The van der Waals surface area contributed by atoms with E-state index in [-0.39, 0.29) is 5.91 Å². The molecule has 0 saturated carbocycles. The Morgan fingerprint density at radius 1 is 1.00 bits per heavy atom. The molecule has 0 spiro atoms. The Morgan fingerprint density at radius 3 is 2.54 bits per heavy atom. The summed E-state index contributed by atoms with van der Waals surface area (Å²) < 4.78 is 0. The Balaban J connectivity index is 1.57. The van der Waals surface area contributed by atoms with Crippen molar-refractivity contribution in [2.75, 3.05) is 27.2 Å². The monoisotopic (exact) mass is 348 g/mol. The molecule has 1 fully saturated rings. The average Bonchev–Trinajstić information content (AvgIpc) is 3.21. The third-order valence-corrected chi connectivity index (χ3v) is 5.91. The number of nitrogens with zero attached hydrogens (tertiary/aromatic N) is 2. The molecule has 3 nitrogen and oxygen atoms in total. The zero-order valence-corrected chi connectivity index (χ0v) is 15.9. The van der Waals surface area contributed by atoms with E-state index in [1.807, 2.05) is 18.2 Å². The van der Waals surface area contributed by atoms with Gasteiger partial charge in [0.2, 0.25) is 0 Å². The first-order valence-electron chi connectivity index (χ1n) is 9.80. The molecule has 136 valence electrons. The van der Waals surface area contributed by atoms with E-state index in [9.17, 15) is 4.79 Å². The van der Waals surface area contributed by atoms with Gasteiger partial charge in [-0.05, 0) is 79.6 Å². The predicted molar refractivity (Wildman–Crippen MR) is 107 cm³/mol. The molecular formula is C23H28N2O. The van der Waals surface area contributed by atoms with Crippen molar-refractivity contribution in [3.8, 4) is 11.1 Å². The number of likely N-dealkylation sites (tertiary alicyclic amines) is 1. The minimum Gasteiger partial charge on any atom is -0.345 e. The van der Waals surface area contributed by atoms with Gasteiger partial charge in [-0.15, -0.1) is 0 Å². The molecule has 1 atom stereocenters. The molecule has 0 unspecified atom stereocenters. The summed E-state index contributed by atoms with van der Waals surface area (Å²) in [5, 5.41) is 0. The summed E-state index contributed by atoms with van der Waals surface area (Å²) in [6, 6.07) is 15.6. The predicted octanol–water partition coefficient (Wildman–Crippen LogP) is 4.01. The van der Waals surface area contributed by atoms with Gasteiger partial charge in [0.15, 0.2) is 0 Å². The van der Waals surface area contributed by atoms with Crippen LogP contribution in [0.5, 0.6) is 0 Å². The first-order chi connectivity index (χ1) is 12.6. The summed E-state index contributed by atoms with van der Waals surface area (Å²) in [7, 11) is 3.59. The smallest absolute Gasteiger partial charge is 0.253 e. The topological polar surface area (TPSA) is 23.6 Å². The molecule has 1 heterocycles. The minimum atomic E-state index is 0.0539. The van der Waals surface area contributed by atoms with Crippen LogP contribution in [0.3, 0.4) is 0 Å². The van der Waals surface area contributed by atoms with E-state index >= 15 is 0 Å². The lowest BCUT2D eigenvalue weighted by Gasteiger charge is -2.32. The van der Waals surface area contributed by atoms with E-state index in [4.69, 9.17) is 0 Å². The van der Waals surface area contributed by atoms with Crippen molar-refractivity contribution >= 4 is 5.91 Å². The van der Waals surface area contributed by atoms with Crippen LogP contribution in [0.25, 0.3) is 11.1 Å². The van der Waals surface area contributed by atoms with Crippen LogP contribution >= 0.6 is 0 Å². The highest BCUT2D eigenvalue weighted by Gasteiger charge is 2.26. The molecule has 2 aromatic rings. The molecule has 0 aromatic heterocycles. The molecular weight excluding hydrogens is 320 g/mol. The van der Waals surface area contributed by atoms with E-state index in [0.29, 0.717) is 0 Å². The van der Waals surface area contributed by atoms with Crippen molar-refractivity contribution in [1.29, 1.82) is 0 Å². The highest BCUT2D eigenvalue weighted by Crippen LogP contribution is 2.30. The molecule has 0 bridgehead atoms. The number of hydrogen-bond acceptors (Lipinski definition) is 2. The second-order valence-electron chi connectivity index (χ2n) is 7.90. The standard InChI is InChI=1S/C23H28N2O/c1-24(2)23(26)21-7-5-6-17(15-21)18-8-9-20-16-22(11-10-19(20)14-18)25-12-3-4-13-25/h5-9,14-15,22H,3-4,10-13,16H2,1-2H3/t22-/m1/s1. The van der Waals surface area contributed by atoms with Gasteiger partial charge in [-0.25, -0.2) is 0 Å². The lowest BCUT2D eigenvalue weighted by molar-refractivity contribution is 0.0827. The van der Waals surface area contributed by atoms with Crippen LogP contribution in [0.15, 0.2) is 42.5 Å². The Kier molecular flexibility index (Phi) is 4.82. The molecule has 1 aliphatic carbocycles. The summed E-state index contributed by atoms with van der Waals surface area (Å²) in [4.78, 5) is 16.6. The third kappa shape index (κ3) is 3.41. The number of aryl methyl sites for hydroxylation is 1. The largest absolute Gasteiger partial charge is 0.345 e. The van der Waals surface area contributed by atoms with E-state index in [0.717, 1.165) is 17.2 Å². The fraction of sp³-hybridized carbons (Fsp3) is 0.435. The van der Waals surface area contributed by atoms with Crippen molar-refractivity contribution in [3.05, 3.63) is 59.2 Å². The van der Waals surface area contributed by atoms with Crippen molar-refractivity contribution in [3.63, 3.8) is 0 Å². The van der Waals surface area contributed by atoms with Gasteiger partial charge in [-0.1, -0.05) is 30.3 Å². The van der Waals surface area contributed by atoms with Crippen LogP contribution in [0.4, 0.5) is 0 Å². The lowest BCUT2D eigenvalue weighted by Crippen LogP contribution is -2.37. The second-order valence-corrected chi connectivity index (χ2v) is 7.90. The lowest BCUT2D eigenvalue weighted by atomic mass is 9.85. The molecule has 1 aliphatic heterocycles. The number of amides is 1. The summed E-state index contributed by atoms with van der Waals surface area (Å²) in [5.41, 5.74) is 6.10. The van der Waals surface area contributed by atoms with Crippen molar-refractivity contribution < 1.29 is 4.79 Å². The number of hydrogen-bond donors (Lipinski definition) is 0. The summed E-state index contributed by atoms with van der Waals surface area (Å²) in [6.07, 6.45) is 6.36. The maximum atomic E-state index is 12.2. The van der Waals surface area contributed by atoms with E-state index in [1.165, 1.54) is 61.9 Å². The van der Waals surface area contributed by atoms with E-state index in [1.54, 1.807) is 19.0 Å². The molecule has 0 radical (unpaired) electrons. The van der Waals surface area contributed by atoms with Gasteiger partial charge in [-0.2, -0.15) is 0 Å². The summed E-state index contributed by atoms with van der Waals surface area (Å²) in [6.45, 7) is 2.57. The van der Waals surface area contributed by atoms with Crippen LogP contribution in [0, 0.1) is 0 Å². The highest BCUT2D eigenvalue weighted by molar-refractivity contribution is 5.95. The maximum Gasteiger partial charge on any atom is 0.253 e. The fourth-order valence-electron chi connectivity index (χ4n) is 4.42. The fourth-order valence-corrected chi connectivity index (χ4v) is 4.42.